The van der Waals surface area contributed by atoms with Crippen LogP contribution in [-0.4, -0.2) is 20.9 Å². The van der Waals surface area contributed by atoms with Gasteiger partial charge in [-0.15, -0.1) is 11.3 Å². The molecule has 1 heterocycles. The lowest BCUT2D eigenvalue weighted by atomic mass is 10.2. The molecule has 1 aromatic heterocycles. The van der Waals surface area contributed by atoms with E-state index in [4.69, 9.17) is 11.6 Å². The topological polar surface area (TPSA) is 63.2 Å². The van der Waals surface area contributed by atoms with E-state index in [1.54, 1.807) is 41.8 Å². The van der Waals surface area contributed by atoms with Crippen LogP contribution >= 0.6 is 22.9 Å². The van der Waals surface area contributed by atoms with E-state index in [2.05, 4.69) is 5.32 Å². The first kappa shape index (κ1) is 20.5. The quantitative estimate of drug-likeness (QED) is 0.564. The Kier molecular flexibility index (Phi) is 6.17. The van der Waals surface area contributed by atoms with E-state index in [0.29, 0.717) is 15.5 Å². The van der Waals surface area contributed by atoms with Gasteiger partial charge in [0.1, 0.15) is 11.1 Å². The first-order valence-corrected chi connectivity index (χ1v) is 11.2. The molecule has 2 aromatic carbocycles. The fraction of sp³-hybridized carbons (Fsp3) is 0.150. The summed E-state index contributed by atoms with van der Waals surface area (Å²) in [4.78, 5) is 13.0. The molecule has 3 rings (SSSR count). The minimum absolute atomic E-state index is 0.0190. The minimum atomic E-state index is -3.84. The lowest BCUT2D eigenvalue weighted by molar-refractivity contribution is 0.0953. The van der Waals surface area contributed by atoms with Gasteiger partial charge in [-0.3, -0.25) is 4.79 Å². The number of carbonyl (C=O) groups is 1. The van der Waals surface area contributed by atoms with Gasteiger partial charge >= 0.3 is 0 Å². The summed E-state index contributed by atoms with van der Waals surface area (Å²) < 4.78 is 40.0. The zero-order valence-electron chi connectivity index (χ0n) is 14.9. The number of nitrogens with one attached hydrogen (secondary N) is 1. The molecule has 1 N–H and O–H groups in total. The van der Waals surface area contributed by atoms with Crippen molar-refractivity contribution in [2.75, 3.05) is 6.54 Å². The molecule has 4 nitrogen and oxygen atoms in total. The van der Waals surface area contributed by atoms with Gasteiger partial charge in [0.15, 0.2) is 9.84 Å². The summed E-state index contributed by atoms with van der Waals surface area (Å²) in [5, 5.41) is 3.98. The zero-order valence-corrected chi connectivity index (χ0v) is 17.2. The molecular weight excluding hydrogens is 421 g/mol. The predicted molar refractivity (Wildman–Crippen MR) is 109 cm³/mol. The highest BCUT2D eigenvalue weighted by Crippen LogP contribution is 2.32. The second-order valence-electron chi connectivity index (χ2n) is 6.18. The third-order valence-electron chi connectivity index (χ3n) is 4.25. The van der Waals surface area contributed by atoms with Crippen LogP contribution in [0.3, 0.4) is 0 Å². The molecule has 0 spiro atoms. The number of amides is 1. The maximum atomic E-state index is 13.6. The van der Waals surface area contributed by atoms with Crippen LogP contribution in [0.2, 0.25) is 5.02 Å². The number of benzene rings is 2. The largest absolute Gasteiger partial charge is 0.350 e. The molecule has 0 unspecified atom stereocenters. The van der Waals surface area contributed by atoms with Gasteiger partial charge in [0.25, 0.3) is 5.91 Å². The van der Waals surface area contributed by atoms with E-state index in [-0.39, 0.29) is 17.0 Å². The number of hydrogen-bond acceptors (Lipinski definition) is 4. The third kappa shape index (κ3) is 4.43. The number of hydrogen-bond donors (Lipinski definition) is 1. The molecule has 1 atom stereocenters. The van der Waals surface area contributed by atoms with Gasteiger partial charge in [-0.2, -0.15) is 0 Å². The summed E-state index contributed by atoms with van der Waals surface area (Å²) in [6, 6.07) is 13.5. The maximum Gasteiger partial charge on any atom is 0.251 e. The van der Waals surface area contributed by atoms with E-state index in [1.807, 2.05) is 0 Å². The molecule has 0 aliphatic carbocycles. The SMILES string of the molecule is Cc1cc(S(=O)(=O)[C@H](CNC(=O)c2ccc(Cl)cc2)c2cccs2)ccc1F. The van der Waals surface area contributed by atoms with Gasteiger partial charge in [0, 0.05) is 22.0 Å². The number of aryl methyl sites for hydroxylation is 1. The molecule has 0 saturated carbocycles. The van der Waals surface area contributed by atoms with Crippen molar-refractivity contribution in [1.29, 1.82) is 0 Å². The van der Waals surface area contributed by atoms with Crippen LogP contribution in [0.5, 0.6) is 0 Å². The van der Waals surface area contributed by atoms with Crippen LogP contribution in [0, 0.1) is 12.7 Å². The Morgan fingerprint density at radius 1 is 1.18 bits per heavy atom. The number of halogens is 2. The molecule has 3 aromatic rings. The van der Waals surface area contributed by atoms with Crippen molar-refractivity contribution in [3.63, 3.8) is 0 Å². The van der Waals surface area contributed by atoms with Gasteiger partial charge in [-0.05, 0) is 66.4 Å². The molecule has 0 radical (unpaired) electrons. The third-order valence-corrected chi connectivity index (χ3v) is 7.72. The number of sulfone groups is 1. The van der Waals surface area contributed by atoms with Crippen molar-refractivity contribution < 1.29 is 17.6 Å². The maximum absolute atomic E-state index is 13.6. The Morgan fingerprint density at radius 2 is 1.89 bits per heavy atom. The molecule has 0 bridgehead atoms. The van der Waals surface area contributed by atoms with Crippen LogP contribution < -0.4 is 5.32 Å². The second-order valence-corrected chi connectivity index (χ2v) is 9.72. The van der Waals surface area contributed by atoms with E-state index >= 15 is 0 Å². The standard InChI is InChI=1S/C20H17ClFNO3S2/c1-13-11-16(8-9-17(13)22)28(25,26)19(18-3-2-10-27-18)12-23-20(24)14-4-6-15(21)7-5-14/h2-11,19H,12H2,1H3,(H,23,24)/t19-/m1/s1. The molecule has 28 heavy (non-hydrogen) atoms. The molecule has 1 amide bonds. The predicted octanol–water partition coefficient (Wildman–Crippen LogP) is 4.79. The fourth-order valence-corrected chi connectivity index (χ4v) is 5.68. The molecule has 0 aliphatic heterocycles. The molecule has 8 heteroatoms. The van der Waals surface area contributed by atoms with Crippen molar-refractivity contribution in [1.82, 2.24) is 5.32 Å². The van der Waals surface area contributed by atoms with E-state index in [9.17, 15) is 17.6 Å². The van der Waals surface area contributed by atoms with Crippen molar-refractivity contribution in [2.24, 2.45) is 0 Å². The number of rotatable bonds is 6. The zero-order chi connectivity index (χ0) is 20.3. The summed E-state index contributed by atoms with van der Waals surface area (Å²) in [5.41, 5.74) is 0.626. The van der Waals surface area contributed by atoms with Gasteiger partial charge < -0.3 is 5.32 Å². The van der Waals surface area contributed by atoms with Crippen LogP contribution in [0.4, 0.5) is 4.39 Å². The Labute approximate surface area is 171 Å². The lowest BCUT2D eigenvalue weighted by Gasteiger charge is -2.18. The normalized spacial score (nSPS) is 12.5. The van der Waals surface area contributed by atoms with Crippen LogP contribution in [0.15, 0.2) is 64.9 Å². The first-order valence-electron chi connectivity index (χ1n) is 8.36. The van der Waals surface area contributed by atoms with Crippen molar-refractivity contribution >= 4 is 38.7 Å². The van der Waals surface area contributed by atoms with E-state index < -0.39 is 26.8 Å². The van der Waals surface area contributed by atoms with Crippen LogP contribution in [0.1, 0.15) is 26.0 Å². The van der Waals surface area contributed by atoms with Crippen molar-refractivity contribution in [2.45, 2.75) is 17.1 Å². The summed E-state index contributed by atoms with van der Waals surface area (Å²) in [5.74, 6) is -0.869. The average molecular weight is 438 g/mol. The van der Waals surface area contributed by atoms with Crippen molar-refractivity contribution in [3.05, 3.63) is 86.8 Å². The number of carbonyl (C=O) groups excluding carboxylic acids is 1. The highest BCUT2D eigenvalue weighted by Gasteiger charge is 2.31. The summed E-state index contributed by atoms with van der Waals surface area (Å²) >= 11 is 7.11. The Hall–Kier alpha value is -2.22. The molecule has 146 valence electrons. The minimum Gasteiger partial charge on any atom is -0.350 e. The number of thiophene rings is 1. The second kappa shape index (κ2) is 8.43. The monoisotopic (exact) mass is 437 g/mol. The highest BCUT2D eigenvalue weighted by molar-refractivity contribution is 7.91. The highest BCUT2D eigenvalue weighted by atomic mass is 35.5. The Morgan fingerprint density at radius 3 is 2.50 bits per heavy atom. The Balaban J connectivity index is 1.88. The van der Waals surface area contributed by atoms with Gasteiger partial charge in [-0.25, -0.2) is 12.8 Å². The van der Waals surface area contributed by atoms with Crippen LogP contribution in [0.25, 0.3) is 0 Å². The smallest absolute Gasteiger partial charge is 0.251 e. The van der Waals surface area contributed by atoms with E-state index in [0.717, 1.165) is 6.07 Å². The summed E-state index contributed by atoms with van der Waals surface area (Å²) in [7, 11) is -3.84. The van der Waals surface area contributed by atoms with Gasteiger partial charge in [0.05, 0.1) is 4.90 Å². The average Bonchev–Trinajstić information content (AvgIpc) is 3.18. The van der Waals surface area contributed by atoms with Gasteiger partial charge in [0.2, 0.25) is 0 Å². The summed E-state index contributed by atoms with van der Waals surface area (Å²) in [6.07, 6.45) is 0. The molecule has 0 saturated heterocycles. The van der Waals surface area contributed by atoms with E-state index in [1.165, 1.54) is 30.4 Å². The Bertz CT molecular complexity index is 1080. The molecule has 0 fully saturated rings. The molecule has 0 aliphatic rings. The summed E-state index contributed by atoms with van der Waals surface area (Å²) in [6.45, 7) is 1.40. The first-order chi connectivity index (χ1) is 13.3. The van der Waals surface area contributed by atoms with Crippen molar-refractivity contribution in [3.8, 4) is 0 Å². The molecular formula is C20H17ClFNO3S2. The fourth-order valence-electron chi connectivity index (χ4n) is 2.68. The lowest BCUT2D eigenvalue weighted by Crippen LogP contribution is -2.31. The van der Waals surface area contributed by atoms with Crippen LogP contribution in [-0.2, 0) is 9.84 Å². The van der Waals surface area contributed by atoms with Gasteiger partial charge in [-0.1, -0.05) is 17.7 Å².